The van der Waals surface area contributed by atoms with Crippen LogP contribution in [0.15, 0.2) is 4.52 Å². The van der Waals surface area contributed by atoms with Gasteiger partial charge in [0.05, 0.1) is 6.61 Å². The zero-order valence-corrected chi connectivity index (χ0v) is 11.0. The second-order valence-electron chi connectivity index (χ2n) is 3.89. The first-order valence-corrected chi connectivity index (χ1v) is 5.80. The molecular weight excluding hydrogens is 295 g/mol. The van der Waals surface area contributed by atoms with Gasteiger partial charge in [0.2, 0.25) is 11.6 Å². The Hall–Kier alpha value is -2.46. The van der Waals surface area contributed by atoms with Gasteiger partial charge in [0.15, 0.2) is 11.5 Å². The largest absolute Gasteiger partial charge is 0.461 e. The van der Waals surface area contributed by atoms with E-state index in [2.05, 4.69) is 29.7 Å². The molecule has 0 spiro atoms. The molecule has 0 fully saturated rings. The van der Waals surface area contributed by atoms with E-state index in [4.69, 9.17) is 0 Å². The summed E-state index contributed by atoms with van der Waals surface area (Å²) >= 11 is 0. The number of nitrogens with zero attached hydrogens (tertiary/aromatic N) is 5. The molecule has 0 bridgehead atoms. The summed E-state index contributed by atoms with van der Waals surface area (Å²) in [7, 11) is 0. The molecule has 0 aliphatic rings. The second-order valence-corrected chi connectivity index (χ2v) is 3.89. The van der Waals surface area contributed by atoms with Crippen LogP contribution in [0.3, 0.4) is 0 Å². The monoisotopic (exact) mass is 305 g/mol. The van der Waals surface area contributed by atoms with Crippen LogP contribution in [0.4, 0.5) is 13.2 Å². The first-order chi connectivity index (χ1) is 9.82. The predicted octanol–water partition coefficient (Wildman–Crippen LogP) is 1.21. The summed E-state index contributed by atoms with van der Waals surface area (Å²) in [4.78, 5) is 15.3. The fourth-order valence-electron chi connectivity index (χ4n) is 1.58. The van der Waals surface area contributed by atoms with Crippen molar-refractivity contribution in [3.05, 3.63) is 23.1 Å². The zero-order valence-electron chi connectivity index (χ0n) is 11.0. The van der Waals surface area contributed by atoms with E-state index in [0.29, 0.717) is 4.68 Å². The maximum Gasteiger partial charge on any atom is 0.435 e. The van der Waals surface area contributed by atoms with Gasteiger partial charge in [-0.3, -0.25) is 0 Å². The Balaban J connectivity index is 2.39. The average molecular weight is 305 g/mol. The molecule has 0 aliphatic carbocycles. The number of halogens is 3. The Morgan fingerprint density at radius 2 is 2.14 bits per heavy atom. The number of alkyl halides is 3. The molecule has 2 aromatic heterocycles. The van der Waals surface area contributed by atoms with Gasteiger partial charge >= 0.3 is 12.1 Å². The van der Waals surface area contributed by atoms with Crippen molar-refractivity contribution >= 4 is 5.97 Å². The molecule has 8 nitrogen and oxygen atoms in total. The number of esters is 1. The lowest BCUT2D eigenvalue weighted by atomic mass is 10.3. The van der Waals surface area contributed by atoms with Gasteiger partial charge in [0, 0.05) is 6.92 Å². The summed E-state index contributed by atoms with van der Waals surface area (Å²) in [5.74, 6) is -1.01. The molecule has 0 unspecified atom stereocenters. The van der Waals surface area contributed by atoms with E-state index < -0.39 is 30.1 Å². The first-order valence-electron chi connectivity index (χ1n) is 5.80. The SMILES string of the molecule is CCOC(=O)c1nnn(Cc2noc(C)n2)c1C(F)(F)F. The maximum atomic E-state index is 13.1. The minimum absolute atomic E-state index is 0.0155. The lowest BCUT2D eigenvalue weighted by Crippen LogP contribution is -2.20. The average Bonchev–Trinajstić information content (AvgIpc) is 2.96. The van der Waals surface area contributed by atoms with Crippen LogP contribution in [0.1, 0.15) is 34.8 Å². The van der Waals surface area contributed by atoms with E-state index in [9.17, 15) is 18.0 Å². The van der Waals surface area contributed by atoms with Crippen molar-refractivity contribution in [1.82, 2.24) is 25.1 Å². The van der Waals surface area contributed by atoms with Gasteiger partial charge in [-0.2, -0.15) is 18.2 Å². The van der Waals surface area contributed by atoms with E-state index in [0.717, 1.165) is 0 Å². The summed E-state index contributed by atoms with van der Waals surface area (Å²) in [5.41, 5.74) is -2.21. The van der Waals surface area contributed by atoms with Gasteiger partial charge < -0.3 is 9.26 Å². The molecule has 0 radical (unpaired) electrons. The van der Waals surface area contributed by atoms with E-state index >= 15 is 0 Å². The highest BCUT2D eigenvalue weighted by Gasteiger charge is 2.42. The lowest BCUT2D eigenvalue weighted by Gasteiger charge is -2.09. The molecule has 0 amide bonds. The van der Waals surface area contributed by atoms with Crippen LogP contribution < -0.4 is 0 Å². The van der Waals surface area contributed by atoms with Crippen molar-refractivity contribution in [3.63, 3.8) is 0 Å². The van der Waals surface area contributed by atoms with Crippen molar-refractivity contribution in [2.45, 2.75) is 26.6 Å². The van der Waals surface area contributed by atoms with Crippen LogP contribution in [0.25, 0.3) is 0 Å². The van der Waals surface area contributed by atoms with Crippen molar-refractivity contribution in [3.8, 4) is 0 Å². The highest BCUT2D eigenvalue weighted by atomic mass is 19.4. The third-order valence-corrected chi connectivity index (χ3v) is 2.33. The van der Waals surface area contributed by atoms with E-state index in [-0.39, 0.29) is 18.3 Å². The number of aryl methyl sites for hydroxylation is 1. The molecule has 2 heterocycles. The standard InChI is InChI=1S/C10H10F3N5O3/c1-3-20-9(19)7-8(10(11,12)13)18(17-15-7)4-6-14-5(2)21-16-6/h3-4H2,1-2H3. The van der Waals surface area contributed by atoms with Gasteiger partial charge in [-0.05, 0) is 6.92 Å². The predicted molar refractivity (Wildman–Crippen MR) is 59.1 cm³/mol. The first kappa shape index (κ1) is 14.9. The van der Waals surface area contributed by atoms with E-state index in [1.807, 2.05) is 0 Å². The van der Waals surface area contributed by atoms with Crippen LogP contribution in [-0.4, -0.2) is 37.7 Å². The number of hydrogen-bond donors (Lipinski definition) is 0. The van der Waals surface area contributed by atoms with Gasteiger partial charge in [-0.1, -0.05) is 10.4 Å². The molecular formula is C10H10F3N5O3. The Morgan fingerprint density at radius 1 is 1.43 bits per heavy atom. The molecule has 0 saturated heterocycles. The van der Waals surface area contributed by atoms with Crippen molar-refractivity contribution in [1.29, 1.82) is 0 Å². The van der Waals surface area contributed by atoms with Crippen LogP contribution >= 0.6 is 0 Å². The fraction of sp³-hybridized carbons (Fsp3) is 0.500. The van der Waals surface area contributed by atoms with Gasteiger partial charge in [-0.15, -0.1) is 5.10 Å². The van der Waals surface area contributed by atoms with Crippen molar-refractivity contribution < 1.29 is 27.2 Å². The third-order valence-electron chi connectivity index (χ3n) is 2.33. The van der Waals surface area contributed by atoms with Gasteiger partial charge in [0.1, 0.15) is 6.54 Å². The Morgan fingerprint density at radius 3 is 2.67 bits per heavy atom. The summed E-state index contributed by atoms with van der Waals surface area (Å²) in [6.45, 7) is 2.45. The summed E-state index contributed by atoms with van der Waals surface area (Å²) < 4.78 is 48.9. The van der Waals surface area contributed by atoms with Gasteiger partial charge in [0.25, 0.3) is 0 Å². The Kier molecular flexibility index (Phi) is 3.91. The van der Waals surface area contributed by atoms with Crippen molar-refractivity contribution in [2.75, 3.05) is 6.61 Å². The Bertz CT molecular complexity index is 649. The second kappa shape index (κ2) is 5.50. The minimum atomic E-state index is -4.83. The molecule has 0 aliphatic heterocycles. The van der Waals surface area contributed by atoms with Crippen molar-refractivity contribution in [2.24, 2.45) is 0 Å². The highest BCUT2D eigenvalue weighted by molar-refractivity contribution is 5.88. The number of aromatic nitrogens is 5. The summed E-state index contributed by atoms with van der Waals surface area (Å²) in [6.07, 6.45) is -4.83. The summed E-state index contributed by atoms with van der Waals surface area (Å²) in [6, 6.07) is 0. The smallest absolute Gasteiger partial charge is 0.435 e. The Labute approximate surface area is 115 Å². The topological polar surface area (TPSA) is 95.9 Å². The van der Waals surface area contributed by atoms with Crippen LogP contribution in [-0.2, 0) is 17.5 Å². The van der Waals surface area contributed by atoms with Crippen LogP contribution in [0.2, 0.25) is 0 Å². The number of carbonyl (C=O) groups is 1. The van der Waals surface area contributed by atoms with Gasteiger partial charge in [-0.25, -0.2) is 9.48 Å². The molecule has 0 saturated carbocycles. The van der Waals surface area contributed by atoms with E-state index in [1.54, 1.807) is 0 Å². The summed E-state index contributed by atoms with van der Waals surface area (Å²) in [5, 5.41) is 10.0. The van der Waals surface area contributed by atoms with Crippen LogP contribution in [0.5, 0.6) is 0 Å². The number of ether oxygens (including phenoxy) is 1. The molecule has 0 aromatic carbocycles. The lowest BCUT2D eigenvalue weighted by molar-refractivity contribution is -0.144. The molecule has 114 valence electrons. The number of carbonyl (C=O) groups excluding carboxylic acids is 1. The highest BCUT2D eigenvalue weighted by Crippen LogP contribution is 2.31. The molecule has 0 atom stereocenters. The normalized spacial score (nSPS) is 11.7. The maximum absolute atomic E-state index is 13.1. The number of hydrogen-bond acceptors (Lipinski definition) is 7. The molecule has 11 heteroatoms. The van der Waals surface area contributed by atoms with Crippen LogP contribution in [0, 0.1) is 6.92 Å². The molecule has 21 heavy (non-hydrogen) atoms. The zero-order chi connectivity index (χ0) is 15.6. The molecule has 2 aromatic rings. The fourth-order valence-corrected chi connectivity index (χ4v) is 1.58. The molecule has 0 N–H and O–H groups in total. The number of rotatable bonds is 4. The quantitative estimate of drug-likeness (QED) is 0.783. The van der Waals surface area contributed by atoms with E-state index in [1.165, 1.54) is 13.8 Å². The minimum Gasteiger partial charge on any atom is -0.461 e. The third kappa shape index (κ3) is 3.17. The molecule has 2 rings (SSSR count).